The number of aromatic nitrogens is 2. The van der Waals surface area contributed by atoms with Crippen LogP contribution in [0.2, 0.25) is 0 Å². The predicted molar refractivity (Wildman–Crippen MR) is 85.7 cm³/mol. The van der Waals surface area contributed by atoms with E-state index in [0.717, 1.165) is 56.0 Å². The van der Waals surface area contributed by atoms with Crippen molar-refractivity contribution >= 4 is 5.91 Å². The minimum atomic E-state index is 0.157. The summed E-state index contributed by atoms with van der Waals surface area (Å²) >= 11 is 0. The summed E-state index contributed by atoms with van der Waals surface area (Å²) in [5.74, 6) is 1.59. The summed E-state index contributed by atoms with van der Waals surface area (Å²) in [6.45, 7) is 4.10. The van der Waals surface area contributed by atoms with Gasteiger partial charge in [-0.2, -0.15) is 0 Å². The van der Waals surface area contributed by atoms with Crippen LogP contribution in [-0.2, 0) is 11.2 Å². The Kier molecular flexibility index (Phi) is 5.03. The van der Waals surface area contributed by atoms with E-state index in [1.807, 2.05) is 13.0 Å². The quantitative estimate of drug-likeness (QED) is 0.871. The summed E-state index contributed by atoms with van der Waals surface area (Å²) in [7, 11) is 0. The zero-order chi connectivity index (χ0) is 15.4. The van der Waals surface area contributed by atoms with E-state index in [2.05, 4.69) is 15.6 Å². The number of aryl methyl sites for hydroxylation is 2. The van der Waals surface area contributed by atoms with E-state index in [1.165, 1.54) is 6.42 Å². The number of carbonyl (C=O) groups excluding carboxylic acids is 1. The summed E-state index contributed by atoms with van der Waals surface area (Å²) in [5.41, 5.74) is 2.02. The van der Waals surface area contributed by atoms with Crippen LogP contribution < -0.4 is 10.6 Å². The van der Waals surface area contributed by atoms with Gasteiger partial charge in [0.15, 0.2) is 0 Å². The van der Waals surface area contributed by atoms with E-state index < -0.39 is 0 Å². The van der Waals surface area contributed by atoms with Crippen molar-refractivity contribution in [3.05, 3.63) is 23.3 Å². The lowest BCUT2D eigenvalue weighted by molar-refractivity contribution is -0.122. The number of piperidine rings is 1. The van der Waals surface area contributed by atoms with Crippen LogP contribution in [0.15, 0.2) is 6.07 Å². The van der Waals surface area contributed by atoms with Gasteiger partial charge in [0.1, 0.15) is 5.82 Å². The van der Waals surface area contributed by atoms with E-state index in [4.69, 9.17) is 4.98 Å². The highest BCUT2D eigenvalue weighted by Crippen LogP contribution is 2.23. The van der Waals surface area contributed by atoms with Crippen LogP contribution in [0.4, 0.5) is 0 Å². The van der Waals surface area contributed by atoms with Crippen molar-refractivity contribution in [2.75, 3.05) is 13.1 Å². The molecule has 0 unspecified atom stereocenters. The lowest BCUT2D eigenvalue weighted by Crippen LogP contribution is -2.39. The van der Waals surface area contributed by atoms with Crippen molar-refractivity contribution in [3.8, 4) is 0 Å². The van der Waals surface area contributed by atoms with Gasteiger partial charge in [0.25, 0.3) is 0 Å². The molecule has 5 heteroatoms. The molecule has 0 radical (unpaired) electrons. The van der Waals surface area contributed by atoms with E-state index in [9.17, 15) is 4.79 Å². The Balaban J connectivity index is 1.57. The van der Waals surface area contributed by atoms with Gasteiger partial charge in [0.05, 0.1) is 0 Å². The third-order valence-corrected chi connectivity index (χ3v) is 4.71. The van der Waals surface area contributed by atoms with Crippen molar-refractivity contribution in [1.82, 2.24) is 20.6 Å². The maximum absolute atomic E-state index is 11.9. The summed E-state index contributed by atoms with van der Waals surface area (Å²) in [5, 5.41) is 6.46. The molecule has 1 saturated heterocycles. The Morgan fingerprint density at radius 2 is 2.05 bits per heavy atom. The van der Waals surface area contributed by atoms with E-state index in [-0.39, 0.29) is 5.91 Å². The molecule has 1 saturated carbocycles. The summed E-state index contributed by atoms with van der Waals surface area (Å²) in [6.07, 6.45) is 6.96. The molecule has 1 amide bonds. The zero-order valence-electron chi connectivity index (χ0n) is 13.4. The topological polar surface area (TPSA) is 66.9 Å². The van der Waals surface area contributed by atoms with Gasteiger partial charge < -0.3 is 10.6 Å². The predicted octanol–water partition coefficient (Wildman–Crippen LogP) is 1.85. The molecule has 2 N–H and O–H groups in total. The van der Waals surface area contributed by atoms with Gasteiger partial charge in [0, 0.05) is 29.8 Å². The Hall–Kier alpha value is -1.49. The molecule has 3 rings (SSSR count). The van der Waals surface area contributed by atoms with Gasteiger partial charge in [-0.1, -0.05) is 0 Å². The second-order valence-corrected chi connectivity index (χ2v) is 6.58. The fourth-order valence-electron chi connectivity index (χ4n) is 3.14. The van der Waals surface area contributed by atoms with Gasteiger partial charge in [-0.3, -0.25) is 4.79 Å². The van der Waals surface area contributed by atoms with Crippen molar-refractivity contribution < 1.29 is 4.79 Å². The average Bonchev–Trinajstić information content (AvgIpc) is 2.49. The first-order chi connectivity index (χ1) is 10.7. The standard InChI is InChI=1S/C17H26N4O/c1-12-11-15(5-6-16(22)20-14-3-2-4-14)21-17(19-12)13-7-9-18-10-8-13/h11,13-14,18H,2-10H2,1H3,(H,20,22). The highest BCUT2D eigenvalue weighted by Gasteiger charge is 2.20. The second-order valence-electron chi connectivity index (χ2n) is 6.58. The highest BCUT2D eigenvalue weighted by molar-refractivity contribution is 5.76. The van der Waals surface area contributed by atoms with Crippen molar-refractivity contribution in [2.45, 2.75) is 63.8 Å². The van der Waals surface area contributed by atoms with Gasteiger partial charge in [-0.15, -0.1) is 0 Å². The van der Waals surface area contributed by atoms with Crippen LogP contribution in [0.5, 0.6) is 0 Å². The van der Waals surface area contributed by atoms with Gasteiger partial charge >= 0.3 is 0 Å². The minimum absolute atomic E-state index is 0.157. The third-order valence-electron chi connectivity index (χ3n) is 4.71. The Bertz CT molecular complexity index is 521. The summed E-state index contributed by atoms with van der Waals surface area (Å²) in [6, 6.07) is 2.44. The van der Waals surface area contributed by atoms with E-state index >= 15 is 0 Å². The van der Waals surface area contributed by atoms with Crippen LogP contribution in [-0.4, -0.2) is 35.0 Å². The molecule has 1 aromatic rings. The molecular formula is C17H26N4O. The number of rotatable bonds is 5. The van der Waals surface area contributed by atoms with E-state index in [1.54, 1.807) is 0 Å². The Morgan fingerprint density at radius 1 is 1.27 bits per heavy atom. The fourth-order valence-corrected chi connectivity index (χ4v) is 3.14. The number of amides is 1. The number of hydrogen-bond acceptors (Lipinski definition) is 4. The first-order valence-electron chi connectivity index (χ1n) is 8.55. The second kappa shape index (κ2) is 7.18. The average molecular weight is 302 g/mol. The van der Waals surface area contributed by atoms with Crippen LogP contribution >= 0.6 is 0 Å². The molecule has 2 aliphatic rings. The smallest absolute Gasteiger partial charge is 0.220 e. The number of hydrogen-bond donors (Lipinski definition) is 2. The molecule has 2 fully saturated rings. The lowest BCUT2D eigenvalue weighted by atomic mass is 9.93. The molecule has 0 aromatic carbocycles. The molecule has 120 valence electrons. The maximum atomic E-state index is 11.9. The number of nitrogens with zero attached hydrogens (tertiary/aromatic N) is 2. The normalized spacial score (nSPS) is 19.7. The van der Waals surface area contributed by atoms with Gasteiger partial charge in [-0.05, 0) is 64.6 Å². The van der Waals surface area contributed by atoms with Crippen molar-refractivity contribution in [2.24, 2.45) is 0 Å². The Morgan fingerprint density at radius 3 is 2.73 bits per heavy atom. The molecule has 0 atom stereocenters. The molecule has 1 aliphatic carbocycles. The molecule has 2 heterocycles. The van der Waals surface area contributed by atoms with Gasteiger partial charge in [0.2, 0.25) is 5.91 Å². The first kappa shape index (κ1) is 15.4. The summed E-state index contributed by atoms with van der Waals surface area (Å²) < 4.78 is 0. The molecule has 0 bridgehead atoms. The zero-order valence-corrected chi connectivity index (χ0v) is 13.4. The monoisotopic (exact) mass is 302 g/mol. The van der Waals surface area contributed by atoms with E-state index in [0.29, 0.717) is 24.8 Å². The van der Waals surface area contributed by atoms with Crippen LogP contribution in [0, 0.1) is 6.92 Å². The van der Waals surface area contributed by atoms with Crippen molar-refractivity contribution in [1.29, 1.82) is 0 Å². The first-order valence-corrected chi connectivity index (χ1v) is 8.55. The number of nitrogens with one attached hydrogen (secondary N) is 2. The van der Waals surface area contributed by atoms with Crippen LogP contribution in [0.1, 0.15) is 61.7 Å². The maximum Gasteiger partial charge on any atom is 0.220 e. The minimum Gasteiger partial charge on any atom is -0.353 e. The molecule has 1 aliphatic heterocycles. The highest BCUT2D eigenvalue weighted by atomic mass is 16.1. The van der Waals surface area contributed by atoms with Crippen LogP contribution in [0.3, 0.4) is 0 Å². The molecule has 1 aromatic heterocycles. The Labute approximate surface area is 132 Å². The molecule has 0 spiro atoms. The summed E-state index contributed by atoms with van der Waals surface area (Å²) in [4.78, 5) is 21.3. The van der Waals surface area contributed by atoms with Crippen molar-refractivity contribution in [3.63, 3.8) is 0 Å². The molecular weight excluding hydrogens is 276 g/mol. The fraction of sp³-hybridized carbons (Fsp3) is 0.706. The largest absolute Gasteiger partial charge is 0.353 e. The third kappa shape index (κ3) is 4.03. The number of carbonyl (C=O) groups is 1. The SMILES string of the molecule is Cc1cc(CCC(=O)NC2CCC2)nc(C2CCNCC2)n1. The molecule has 22 heavy (non-hydrogen) atoms. The van der Waals surface area contributed by atoms with Crippen LogP contribution in [0.25, 0.3) is 0 Å². The lowest BCUT2D eigenvalue weighted by Gasteiger charge is -2.26. The van der Waals surface area contributed by atoms with Gasteiger partial charge in [-0.25, -0.2) is 9.97 Å². The molecule has 5 nitrogen and oxygen atoms in total.